The average Bonchev–Trinajstić information content (AvgIpc) is 2.99. The zero-order valence-corrected chi connectivity index (χ0v) is 17.2. The lowest BCUT2D eigenvalue weighted by Gasteiger charge is -2.12. The average molecular weight is 403 g/mol. The van der Waals surface area contributed by atoms with E-state index in [-0.39, 0.29) is 36.4 Å². The quantitative estimate of drug-likeness (QED) is 0.494. The number of ether oxygens (including phenoxy) is 4. The molecule has 0 N–H and O–H groups in total. The summed E-state index contributed by atoms with van der Waals surface area (Å²) in [4.78, 5) is 37.2. The molecule has 156 valence electrons. The van der Waals surface area contributed by atoms with Crippen molar-refractivity contribution >= 4 is 17.9 Å². The van der Waals surface area contributed by atoms with Crippen molar-refractivity contribution in [2.45, 2.75) is 26.8 Å². The molecule has 0 radical (unpaired) electrons. The highest BCUT2D eigenvalue weighted by Crippen LogP contribution is 2.27. The Morgan fingerprint density at radius 2 is 1.62 bits per heavy atom. The van der Waals surface area contributed by atoms with E-state index in [1.54, 1.807) is 37.7 Å². The van der Waals surface area contributed by atoms with Crippen molar-refractivity contribution in [2.24, 2.45) is 0 Å². The third-order valence-electron chi connectivity index (χ3n) is 4.53. The maximum atomic E-state index is 12.6. The van der Waals surface area contributed by atoms with Crippen LogP contribution in [0.3, 0.4) is 0 Å². The molecule has 1 aromatic carbocycles. The lowest BCUT2D eigenvalue weighted by molar-refractivity contribution is -0.139. The van der Waals surface area contributed by atoms with E-state index in [0.717, 1.165) is 5.56 Å². The maximum Gasteiger partial charge on any atom is 0.355 e. The van der Waals surface area contributed by atoms with Gasteiger partial charge in [-0.25, -0.2) is 9.59 Å². The van der Waals surface area contributed by atoms with Gasteiger partial charge < -0.3 is 23.5 Å². The second-order valence-corrected chi connectivity index (χ2v) is 6.19. The third kappa shape index (κ3) is 4.77. The van der Waals surface area contributed by atoms with Crippen LogP contribution in [-0.2, 0) is 32.0 Å². The van der Waals surface area contributed by atoms with Crippen molar-refractivity contribution in [2.75, 3.05) is 27.9 Å². The largest absolute Gasteiger partial charge is 0.497 e. The molecule has 0 fully saturated rings. The maximum absolute atomic E-state index is 12.6. The lowest BCUT2D eigenvalue weighted by Crippen LogP contribution is -2.16. The van der Waals surface area contributed by atoms with E-state index < -0.39 is 17.9 Å². The Morgan fingerprint density at radius 1 is 0.966 bits per heavy atom. The Bertz CT molecular complexity index is 897. The summed E-state index contributed by atoms with van der Waals surface area (Å²) < 4.78 is 21.6. The molecule has 29 heavy (non-hydrogen) atoms. The lowest BCUT2D eigenvalue weighted by atomic mass is 10.1. The van der Waals surface area contributed by atoms with Crippen molar-refractivity contribution < 1.29 is 33.3 Å². The molecule has 0 saturated carbocycles. The van der Waals surface area contributed by atoms with Crippen LogP contribution in [0.1, 0.15) is 44.6 Å². The van der Waals surface area contributed by atoms with Crippen molar-refractivity contribution in [3.63, 3.8) is 0 Å². The fraction of sp³-hybridized carbons (Fsp3) is 0.381. The highest BCUT2D eigenvalue weighted by molar-refractivity contribution is 6.00. The molecule has 1 aromatic heterocycles. The van der Waals surface area contributed by atoms with E-state index in [2.05, 4.69) is 0 Å². The summed E-state index contributed by atoms with van der Waals surface area (Å²) in [5, 5.41) is 0. The number of carbonyl (C=O) groups excluding carboxylic acids is 3. The first kappa shape index (κ1) is 22.0. The smallest absolute Gasteiger partial charge is 0.355 e. The molecule has 0 bridgehead atoms. The van der Waals surface area contributed by atoms with Crippen LogP contribution in [0.25, 0.3) is 0 Å². The number of hydrogen-bond acceptors (Lipinski definition) is 7. The third-order valence-corrected chi connectivity index (χ3v) is 4.53. The van der Waals surface area contributed by atoms with Crippen LogP contribution in [-0.4, -0.2) is 50.4 Å². The van der Waals surface area contributed by atoms with Gasteiger partial charge in [0.2, 0.25) is 0 Å². The minimum Gasteiger partial charge on any atom is -0.497 e. The summed E-state index contributed by atoms with van der Waals surface area (Å²) in [5.74, 6) is -1.15. The van der Waals surface area contributed by atoms with E-state index in [0.29, 0.717) is 11.4 Å². The molecule has 0 atom stereocenters. The van der Waals surface area contributed by atoms with Crippen molar-refractivity contribution in [1.82, 2.24) is 4.57 Å². The number of aromatic nitrogens is 1. The van der Waals surface area contributed by atoms with Crippen molar-refractivity contribution in [3.8, 4) is 5.75 Å². The second-order valence-electron chi connectivity index (χ2n) is 6.19. The Balaban J connectivity index is 2.65. The summed E-state index contributed by atoms with van der Waals surface area (Å²) in [5.41, 5.74) is 1.89. The first-order valence-electron chi connectivity index (χ1n) is 9.04. The van der Waals surface area contributed by atoms with Crippen LogP contribution >= 0.6 is 0 Å². The van der Waals surface area contributed by atoms with Gasteiger partial charge in [-0.2, -0.15) is 0 Å². The van der Waals surface area contributed by atoms with Crippen molar-refractivity contribution in [1.29, 1.82) is 0 Å². The summed E-state index contributed by atoms with van der Waals surface area (Å²) in [6, 6.07) is 7.30. The molecular weight excluding hydrogens is 378 g/mol. The summed E-state index contributed by atoms with van der Waals surface area (Å²) in [6.45, 7) is 3.83. The highest BCUT2D eigenvalue weighted by Gasteiger charge is 2.31. The SMILES string of the molecule is CCOC(=O)c1c(CC(=O)OC)c(C(=O)OC)n(Cc2ccc(OC)cc2)c1C. The van der Waals surface area contributed by atoms with E-state index in [9.17, 15) is 14.4 Å². The number of carbonyl (C=O) groups is 3. The van der Waals surface area contributed by atoms with Crippen LogP contribution in [0.15, 0.2) is 24.3 Å². The number of rotatable bonds is 8. The molecule has 2 rings (SSSR count). The molecule has 2 aromatic rings. The zero-order chi connectivity index (χ0) is 21.6. The highest BCUT2D eigenvalue weighted by atomic mass is 16.5. The van der Waals surface area contributed by atoms with Crippen molar-refractivity contribution in [3.05, 3.63) is 52.3 Å². The molecule has 1 heterocycles. The molecule has 0 spiro atoms. The van der Waals surface area contributed by atoms with E-state index in [1.165, 1.54) is 14.2 Å². The summed E-state index contributed by atoms with van der Waals surface area (Å²) >= 11 is 0. The fourth-order valence-electron chi connectivity index (χ4n) is 3.11. The van der Waals surface area contributed by atoms with E-state index in [1.807, 2.05) is 12.1 Å². The molecule has 8 nitrogen and oxygen atoms in total. The van der Waals surface area contributed by atoms with Gasteiger partial charge in [0, 0.05) is 17.8 Å². The van der Waals surface area contributed by atoms with Gasteiger partial charge >= 0.3 is 17.9 Å². The fourth-order valence-corrected chi connectivity index (χ4v) is 3.11. The summed E-state index contributed by atoms with van der Waals surface area (Å²) in [7, 11) is 4.06. The number of methoxy groups -OCH3 is 3. The predicted octanol–water partition coefficient (Wildman–Crippen LogP) is 2.53. The van der Waals surface area contributed by atoms with E-state index in [4.69, 9.17) is 18.9 Å². The molecular formula is C21H25NO7. The Labute approximate surface area is 169 Å². The minimum absolute atomic E-state index is 0.120. The van der Waals surface area contributed by atoms with Gasteiger partial charge in [0.15, 0.2) is 0 Å². The summed E-state index contributed by atoms with van der Waals surface area (Å²) in [6.07, 6.45) is -0.258. The van der Waals surface area contributed by atoms with Gasteiger partial charge in [-0.05, 0) is 31.5 Å². The number of esters is 3. The number of benzene rings is 1. The van der Waals surface area contributed by atoms with E-state index >= 15 is 0 Å². The van der Waals surface area contributed by atoms with Gasteiger partial charge in [-0.1, -0.05) is 12.1 Å². The molecule has 0 unspecified atom stereocenters. The predicted molar refractivity (Wildman–Crippen MR) is 104 cm³/mol. The molecule has 0 aliphatic rings. The van der Waals surface area contributed by atoms with Crippen LogP contribution in [0.2, 0.25) is 0 Å². The monoisotopic (exact) mass is 403 g/mol. The zero-order valence-electron chi connectivity index (χ0n) is 17.2. The topological polar surface area (TPSA) is 93.1 Å². The molecule has 0 aliphatic heterocycles. The molecule has 0 amide bonds. The Morgan fingerprint density at radius 3 is 2.14 bits per heavy atom. The molecule has 0 saturated heterocycles. The van der Waals surface area contributed by atoms with Crippen LogP contribution in [0.5, 0.6) is 5.75 Å². The number of nitrogens with zero attached hydrogens (tertiary/aromatic N) is 1. The van der Waals surface area contributed by atoms with Gasteiger partial charge in [-0.15, -0.1) is 0 Å². The van der Waals surface area contributed by atoms with Gasteiger partial charge in [0.05, 0.1) is 39.9 Å². The molecule has 0 aliphatic carbocycles. The standard InChI is InChI=1S/C21H25NO7/c1-6-29-20(24)18-13(2)22(12-14-7-9-15(26-3)10-8-14)19(21(25)28-5)16(18)11-17(23)27-4/h7-10H,6,11-12H2,1-5H3. The normalized spacial score (nSPS) is 10.4. The van der Waals surface area contributed by atoms with Crippen LogP contribution < -0.4 is 4.74 Å². The second kappa shape index (κ2) is 9.77. The van der Waals surface area contributed by atoms with Crippen LogP contribution in [0.4, 0.5) is 0 Å². The first-order valence-corrected chi connectivity index (χ1v) is 9.04. The first-order chi connectivity index (χ1) is 13.9. The van der Waals surface area contributed by atoms with Gasteiger partial charge in [-0.3, -0.25) is 4.79 Å². The van der Waals surface area contributed by atoms with Gasteiger partial charge in [0.25, 0.3) is 0 Å². The van der Waals surface area contributed by atoms with Gasteiger partial charge in [0.1, 0.15) is 11.4 Å². The Kier molecular flexibility index (Phi) is 7.41. The number of hydrogen-bond donors (Lipinski definition) is 0. The van der Waals surface area contributed by atoms with Crippen LogP contribution in [0, 0.1) is 6.92 Å². The molecule has 8 heteroatoms. The Hall–Kier alpha value is -3.29. The minimum atomic E-state index is -0.656.